The van der Waals surface area contributed by atoms with Gasteiger partial charge in [0, 0.05) is 26.1 Å². The maximum atomic E-state index is 12.6. The van der Waals surface area contributed by atoms with Gasteiger partial charge in [0.25, 0.3) is 0 Å². The molecule has 2 heterocycles. The minimum absolute atomic E-state index is 0.0333. The Kier molecular flexibility index (Phi) is 7.50. The van der Waals surface area contributed by atoms with Crippen molar-refractivity contribution in [3.05, 3.63) is 24.2 Å². The molecule has 1 aliphatic heterocycles. The molecule has 0 unspecified atom stereocenters. The average molecular weight is 349 g/mol. The first kappa shape index (κ1) is 19.5. The quantitative estimate of drug-likeness (QED) is 0.783. The summed E-state index contributed by atoms with van der Waals surface area (Å²) >= 11 is 0. The van der Waals surface area contributed by atoms with Gasteiger partial charge in [0.1, 0.15) is 5.76 Å². The largest absolute Gasteiger partial charge is 0.468 e. The molecule has 6 nitrogen and oxygen atoms in total. The fourth-order valence-electron chi connectivity index (χ4n) is 3.54. The first-order valence-electron chi connectivity index (χ1n) is 9.43. The summed E-state index contributed by atoms with van der Waals surface area (Å²) in [5, 5.41) is 3.09. The summed E-state index contributed by atoms with van der Waals surface area (Å²) in [7, 11) is 0. The van der Waals surface area contributed by atoms with Gasteiger partial charge in [-0.25, -0.2) is 0 Å². The van der Waals surface area contributed by atoms with Crippen molar-refractivity contribution in [2.75, 3.05) is 32.7 Å². The van der Waals surface area contributed by atoms with Crippen LogP contribution in [0.2, 0.25) is 0 Å². The van der Waals surface area contributed by atoms with Crippen LogP contribution in [0.25, 0.3) is 0 Å². The van der Waals surface area contributed by atoms with Gasteiger partial charge >= 0.3 is 0 Å². The van der Waals surface area contributed by atoms with E-state index < -0.39 is 0 Å². The number of likely N-dealkylation sites (N-methyl/N-ethyl adjacent to an activating group) is 1. The van der Waals surface area contributed by atoms with Gasteiger partial charge < -0.3 is 14.6 Å². The van der Waals surface area contributed by atoms with Crippen molar-refractivity contribution in [1.82, 2.24) is 15.1 Å². The number of nitrogens with one attached hydrogen (secondary N) is 1. The van der Waals surface area contributed by atoms with E-state index in [-0.39, 0.29) is 23.8 Å². The molecule has 25 heavy (non-hydrogen) atoms. The molecule has 0 bridgehead atoms. The molecule has 1 fully saturated rings. The van der Waals surface area contributed by atoms with Crippen LogP contribution in [0.4, 0.5) is 0 Å². The van der Waals surface area contributed by atoms with Crippen LogP contribution in [0.15, 0.2) is 22.8 Å². The summed E-state index contributed by atoms with van der Waals surface area (Å²) in [4.78, 5) is 28.6. The second-order valence-electron chi connectivity index (χ2n) is 6.53. The first-order chi connectivity index (χ1) is 12.1. The second-order valence-corrected chi connectivity index (χ2v) is 6.53. The van der Waals surface area contributed by atoms with Gasteiger partial charge in [-0.3, -0.25) is 14.5 Å². The van der Waals surface area contributed by atoms with Gasteiger partial charge in [0.15, 0.2) is 0 Å². The molecular weight excluding hydrogens is 318 g/mol. The molecular formula is C19H31N3O3. The number of carbonyl (C=O) groups excluding carboxylic acids is 2. The molecule has 0 radical (unpaired) electrons. The van der Waals surface area contributed by atoms with Gasteiger partial charge in [-0.2, -0.15) is 0 Å². The van der Waals surface area contributed by atoms with E-state index >= 15 is 0 Å². The van der Waals surface area contributed by atoms with Crippen LogP contribution in [0, 0.1) is 5.92 Å². The molecule has 6 heteroatoms. The number of furan rings is 1. The van der Waals surface area contributed by atoms with Crippen LogP contribution in [0.5, 0.6) is 0 Å². The molecule has 0 aromatic carbocycles. The van der Waals surface area contributed by atoms with E-state index in [1.807, 2.05) is 24.0 Å². The van der Waals surface area contributed by atoms with Crippen LogP contribution in [-0.2, 0) is 9.59 Å². The molecule has 2 atom stereocenters. The first-order valence-corrected chi connectivity index (χ1v) is 9.43. The molecule has 1 aromatic rings. The molecule has 1 N–H and O–H groups in total. The van der Waals surface area contributed by atoms with Crippen LogP contribution < -0.4 is 5.32 Å². The Bertz CT molecular complexity index is 540. The van der Waals surface area contributed by atoms with Gasteiger partial charge in [-0.05, 0) is 38.1 Å². The maximum Gasteiger partial charge on any atom is 0.224 e. The van der Waals surface area contributed by atoms with Crippen molar-refractivity contribution in [1.29, 1.82) is 0 Å². The zero-order chi connectivity index (χ0) is 18.2. The lowest BCUT2D eigenvalue weighted by Gasteiger charge is -2.33. The molecule has 140 valence electrons. The van der Waals surface area contributed by atoms with Gasteiger partial charge in [0.05, 0.1) is 18.2 Å². The lowest BCUT2D eigenvalue weighted by molar-refractivity contribution is -0.135. The number of carbonyl (C=O) groups is 2. The maximum absolute atomic E-state index is 12.6. The number of amides is 2. The second kappa shape index (κ2) is 9.61. The van der Waals surface area contributed by atoms with Crippen LogP contribution in [0.1, 0.15) is 51.8 Å². The fourth-order valence-corrected chi connectivity index (χ4v) is 3.54. The normalized spacial score (nSPS) is 19.0. The summed E-state index contributed by atoms with van der Waals surface area (Å²) in [6.07, 6.45) is 3.90. The topological polar surface area (TPSA) is 65.8 Å². The monoisotopic (exact) mass is 349 g/mol. The van der Waals surface area contributed by atoms with E-state index in [2.05, 4.69) is 24.1 Å². The molecule has 2 rings (SSSR count). The summed E-state index contributed by atoms with van der Waals surface area (Å²) < 4.78 is 5.58. The van der Waals surface area contributed by atoms with E-state index in [9.17, 15) is 9.59 Å². The Hall–Kier alpha value is -1.82. The van der Waals surface area contributed by atoms with Crippen molar-refractivity contribution < 1.29 is 14.0 Å². The number of piperidine rings is 1. The van der Waals surface area contributed by atoms with Crippen LogP contribution >= 0.6 is 0 Å². The van der Waals surface area contributed by atoms with E-state index in [1.54, 1.807) is 6.26 Å². The zero-order valence-corrected chi connectivity index (χ0v) is 15.7. The summed E-state index contributed by atoms with van der Waals surface area (Å²) in [6.45, 7) is 9.68. The molecule has 1 aromatic heterocycles. The fraction of sp³-hybridized carbons (Fsp3) is 0.684. The Morgan fingerprint density at radius 1 is 1.36 bits per heavy atom. The predicted molar refractivity (Wildman–Crippen MR) is 97.0 cm³/mol. The third kappa shape index (κ3) is 5.08. The highest BCUT2D eigenvalue weighted by atomic mass is 16.3. The number of hydrogen-bond acceptors (Lipinski definition) is 4. The molecule has 1 saturated heterocycles. The molecule has 2 amide bonds. The standard InChI is InChI=1S/C19H31N3O3/c1-4-18(23)22-11-7-9-15(14-22)19(24)20-13-16(21(5-2)6-3)17-10-8-12-25-17/h8,10,12,15-16H,4-7,9,11,13-14H2,1-3H3,(H,20,24)/t15-,16+/m0/s1. The van der Waals surface area contributed by atoms with Crippen molar-refractivity contribution >= 4 is 11.8 Å². The van der Waals surface area contributed by atoms with E-state index in [0.29, 0.717) is 19.5 Å². The van der Waals surface area contributed by atoms with Crippen LogP contribution in [0.3, 0.4) is 0 Å². The molecule has 1 aliphatic rings. The smallest absolute Gasteiger partial charge is 0.224 e. The molecule has 0 spiro atoms. The average Bonchev–Trinajstić information content (AvgIpc) is 3.18. The number of nitrogens with zero attached hydrogens (tertiary/aromatic N) is 2. The lowest BCUT2D eigenvalue weighted by Crippen LogP contribution is -2.47. The Morgan fingerprint density at radius 2 is 2.12 bits per heavy atom. The van der Waals surface area contributed by atoms with Crippen molar-refractivity contribution in [3.63, 3.8) is 0 Å². The lowest BCUT2D eigenvalue weighted by atomic mass is 9.96. The minimum atomic E-state index is -0.113. The molecule has 0 aliphatic carbocycles. The predicted octanol–water partition coefficient (Wildman–Crippen LogP) is 2.43. The summed E-state index contributed by atoms with van der Waals surface area (Å²) in [5.41, 5.74) is 0. The Morgan fingerprint density at radius 3 is 2.72 bits per heavy atom. The van der Waals surface area contributed by atoms with Crippen LogP contribution in [-0.4, -0.2) is 54.3 Å². The zero-order valence-electron chi connectivity index (χ0n) is 15.7. The highest BCUT2D eigenvalue weighted by Crippen LogP contribution is 2.21. The SMILES string of the molecule is CCC(=O)N1CCC[C@H](C(=O)NC[C@H](c2ccco2)N(CC)CC)C1. The van der Waals surface area contributed by atoms with E-state index in [1.165, 1.54) is 0 Å². The van der Waals surface area contributed by atoms with Gasteiger partial charge in [0.2, 0.25) is 11.8 Å². The summed E-state index contributed by atoms with van der Waals surface area (Å²) in [6, 6.07) is 3.87. The minimum Gasteiger partial charge on any atom is -0.468 e. The Labute approximate surface area is 150 Å². The van der Waals surface area contributed by atoms with E-state index in [4.69, 9.17) is 4.42 Å². The van der Waals surface area contributed by atoms with Gasteiger partial charge in [-0.15, -0.1) is 0 Å². The number of likely N-dealkylation sites (tertiary alicyclic amines) is 1. The Balaban J connectivity index is 1.95. The molecule has 0 saturated carbocycles. The highest BCUT2D eigenvalue weighted by Gasteiger charge is 2.29. The van der Waals surface area contributed by atoms with Crippen molar-refractivity contribution in [2.24, 2.45) is 5.92 Å². The number of rotatable bonds is 8. The highest BCUT2D eigenvalue weighted by molar-refractivity contribution is 5.81. The van der Waals surface area contributed by atoms with Gasteiger partial charge in [-0.1, -0.05) is 20.8 Å². The summed E-state index contributed by atoms with van der Waals surface area (Å²) in [5.74, 6) is 0.931. The third-order valence-corrected chi connectivity index (χ3v) is 5.04. The van der Waals surface area contributed by atoms with Crippen molar-refractivity contribution in [2.45, 2.75) is 46.1 Å². The number of hydrogen-bond donors (Lipinski definition) is 1. The van der Waals surface area contributed by atoms with Crippen molar-refractivity contribution in [3.8, 4) is 0 Å². The van der Waals surface area contributed by atoms with E-state index in [0.717, 1.165) is 38.2 Å². The third-order valence-electron chi connectivity index (χ3n) is 5.04.